The van der Waals surface area contributed by atoms with Crippen LogP contribution in [0.4, 0.5) is 0 Å². The second kappa shape index (κ2) is 8.73. The number of nitrogens with one attached hydrogen (secondary N) is 1. The largest absolute Gasteiger partial charge is 0.351 e. The number of carbonyl (C=O) groups is 1. The Morgan fingerprint density at radius 2 is 2.28 bits per heavy atom. The molecule has 0 aliphatic heterocycles. The molecule has 1 rings (SSSR count). The van der Waals surface area contributed by atoms with E-state index in [-0.39, 0.29) is 5.91 Å². The summed E-state index contributed by atoms with van der Waals surface area (Å²) >= 11 is 1.60. The molecule has 1 amide bonds. The maximum Gasteiger partial charge on any atom is 0.220 e. The van der Waals surface area contributed by atoms with Crippen LogP contribution in [0.2, 0.25) is 0 Å². The molecule has 4 heteroatoms. The van der Waals surface area contributed by atoms with Crippen molar-refractivity contribution in [3.8, 4) is 11.8 Å². The highest BCUT2D eigenvalue weighted by atomic mass is 32.1. The standard InChI is InChI=1S/C14H20N2OS/c1-2-3-4-7-14(17)16-11-13-9-8-12(18-13)6-5-10-15/h8-9H,2-4,7,10-11,15H2,1H3,(H,16,17). The number of hydrogen-bond donors (Lipinski definition) is 2. The smallest absolute Gasteiger partial charge is 0.220 e. The highest BCUT2D eigenvalue weighted by molar-refractivity contribution is 7.12. The van der Waals surface area contributed by atoms with Gasteiger partial charge < -0.3 is 11.1 Å². The van der Waals surface area contributed by atoms with Crippen LogP contribution in [-0.4, -0.2) is 12.5 Å². The molecule has 0 aromatic carbocycles. The molecule has 0 spiro atoms. The molecule has 3 N–H and O–H groups in total. The Morgan fingerprint density at radius 3 is 3.00 bits per heavy atom. The van der Waals surface area contributed by atoms with Gasteiger partial charge in [0.05, 0.1) is 18.0 Å². The normalized spacial score (nSPS) is 9.67. The summed E-state index contributed by atoms with van der Waals surface area (Å²) < 4.78 is 0. The van der Waals surface area contributed by atoms with Gasteiger partial charge in [-0.3, -0.25) is 4.79 Å². The second-order valence-corrected chi connectivity index (χ2v) is 5.17. The first-order valence-electron chi connectivity index (χ1n) is 6.30. The number of unbranched alkanes of at least 4 members (excludes halogenated alkanes) is 2. The summed E-state index contributed by atoms with van der Waals surface area (Å²) in [5, 5.41) is 2.93. The maximum absolute atomic E-state index is 11.5. The van der Waals surface area contributed by atoms with Crippen LogP contribution < -0.4 is 11.1 Å². The number of thiophene rings is 1. The van der Waals surface area contributed by atoms with Crippen molar-refractivity contribution in [2.75, 3.05) is 6.54 Å². The molecule has 0 saturated carbocycles. The van der Waals surface area contributed by atoms with E-state index in [9.17, 15) is 4.79 Å². The number of nitrogens with two attached hydrogens (primary N) is 1. The minimum Gasteiger partial charge on any atom is -0.351 e. The minimum absolute atomic E-state index is 0.131. The third kappa shape index (κ3) is 5.85. The lowest BCUT2D eigenvalue weighted by atomic mass is 10.2. The van der Waals surface area contributed by atoms with Crippen LogP contribution in [0.1, 0.15) is 42.4 Å². The zero-order chi connectivity index (χ0) is 13.2. The van der Waals surface area contributed by atoms with E-state index in [1.165, 1.54) is 0 Å². The summed E-state index contributed by atoms with van der Waals surface area (Å²) in [4.78, 5) is 13.6. The van der Waals surface area contributed by atoms with Gasteiger partial charge in [-0.25, -0.2) is 0 Å². The first-order chi connectivity index (χ1) is 8.76. The van der Waals surface area contributed by atoms with Gasteiger partial charge in [0.2, 0.25) is 5.91 Å². The van der Waals surface area contributed by atoms with E-state index in [1.54, 1.807) is 11.3 Å². The molecule has 0 fully saturated rings. The summed E-state index contributed by atoms with van der Waals surface area (Å²) in [6.07, 6.45) is 3.85. The van der Waals surface area contributed by atoms with Crippen LogP contribution in [0.3, 0.4) is 0 Å². The molecule has 0 saturated heterocycles. The molecular formula is C14H20N2OS. The quantitative estimate of drug-likeness (QED) is 0.611. The Labute approximate surface area is 113 Å². The number of hydrogen-bond acceptors (Lipinski definition) is 3. The van der Waals surface area contributed by atoms with Crippen molar-refractivity contribution < 1.29 is 4.79 Å². The molecule has 1 heterocycles. The fraction of sp³-hybridized carbons (Fsp3) is 0.500. The van der Waals surface area contributed by atoms with Gasteiger partial charge in [-0.1, -0.05) is 31.6 Å². The maximum atomic E-state index is 11.5. The van der Waals surface area contributed by atoms with Crippen molar-refractivity contribution in [3.63, 3.8) is 0 Å². The zero-order valence-electron chi connectivity index (χ0n) is 10.8. The Morgan fingerprint density at radius 1 is 1.44 bits per heavy atom. The van der Waals surface area contributed by atoms with Gasteiger partial charge in [0.1, 0.15) is 0 Å². The number of rotatable bonds is 6. The molecule has 18 heavy (non-hydrogen) atoms. The first-order valence-corrected chi connectivity index (χ1v) is 7.12. The van der Waals surface area contributed by atoms with Gasteiger partial charge in [-0.15, -0.1) is 11.3 Å². The summed E-state index contributed by atoms with van der Waals surface area (Å²) in [5.74, 6) is 5.93. The lowest BCUT2D eigenvalue weighted by Crippen LogP contribution is -2.21. The third-order valence-corrected chi connectivity index (χ3v) is 3.44. The van der Waals surface area contributed by atoms with Gasteiger partial charge in [0.15, 0.2) is 0 Å². The molecule has 98 valence electrons. The monoisotopic (exact) mass is 264 g/mol. The number of amides is 1. The predicted octanol–water partition coefficient (Wildman–Crippen LogP) is 2.25. The fourth-order valence-corrected chi connectivity index (χ4v) is 2.31. The highest BCUT2D eigenvalue weighted by Gasteiger charge is 2.02. The van der Waals surface area contributed by atoms with Crippen molar-refractivity contribution in [2.45, 2.75) is 39.2 Å². The lowest BCUT2D eigenvalue weighted by molar-refractivity contribution is -0.121. The SMILES string of the molecule is CCCCCC(=O)NCc1ccc(C#CCN)s1. The molecule has 0 aliphatic carbocycles. The predicted molar refractivity (Wildman–Crippen MR) is 76.2 cm³/mol. The molecule has 1 aromatic rings. The molecule has 0 unspecified atom stereocenters. The average Bonchev–Trinajstić information content (AvgIpc) is 2.82. The van der Waals surface area contributed by atoms with E-state index < -0.39 is 0 Å². The average molecular weight is 264 g/mol. The van der Waals surface area contributed by atoms with Crippen LogP contribution in [0.15, 0.2) is 12.1 Å². The zero-order valence-corrected chi connectivity index (χ0v) is 11.6. The summed E-state index contributed by atoms with van der Waals surface area (Å²) in [5.41, 5.74) is 5.31. The Bertz CT molecular complexity index is 428. The topological polar surface area (TPSA) is 55.1 Å². The molecule has 0 aliphatic rings. The van der Waals surface area contributed by atoms with Crippen molar-refractivity contribution in [3.05, 3.63) is 21.9 Å². The number of carbonyl (C=O) groups excluding carboxylic acids is 1. The fourth-order valence-electron chi connectivity index (χ4n) is 1.49. The summed E-state index contributed by atoms with van der Waals surface area (Å²) in [7, 11) is 0. The van der Waals surface area contributed by atoms with Crippen LogP contribution in [0, 0.1) is 11.8 Å². The third-order valence-electron chi connectivity index (χ3n) is 2.44. The second-order valence-electron chi connectivity index (χ2n) is 4.01. The lowest BCUT2D eigenvalue weighted by Gasteiger charge is -2.02. The summed E-state index contributed by atoms with van der Waals surface area (Å²) in [6, 6.07) is 3.96. The molecule has 0 atom stereocenters. The van der Waals surface area contributed by atoms with Crippen molar-refractivity contribution >= 4 is 17.2 Å². The Kier molecular flexibility index (Phi) is 7.16. The van der Waals surface area contributed by atoms with Crippen LogP contribution in [0.5, 0.6) is 0 Å². The highest BCUT2D eigenvalue weighted by Crippen LogP contribution is 2.15. The van der Waals surface area contributed by atoms with E-state index in [4.69, 9.17) is 5.73 Å². The van der Waals surface area contributed by atoms with Crippen LogP contribution in [0.25, 0.3) is 0 Å². The van der Waals surface area contributed by atoms with Crippen molar-refractivity contribution in [1.82, 2.24) is 5.32 Å². The first kappa shape index (κ1) is 14.7. The van der Waals surface area contributed by atoms with E-state index in [0.29, 0.717) is 19.5 Å². The van der Waals surface area contributed by atoms with Crippen molar-refractivity contribution in [2.24, 2.45) is 5.73 Å². The van der Waals surface area contributed by atoms with Crippen molar-refractivity contribution in [1.29, 1.82) is 0 Å². The van der Waals surface area contributed by atoms with Crippen LogP contribution in [-0.2, 0) is 11.3 Å². The summed E-state index contributed by atoms with van der Waals surface area (Å²) in [6.45, 7) is 3.11. The van der Waals surface area contributed by atoms with Gasteiger partial charge in [0.25, 0.3) is 0 Å². The Balaban J connectivity index is 2.30. The van der Waals surface area contributed by atoms with E-state index >= 15 is 0 Å². The molecule has 0 bridgehead atoms. The van der Waals surface area contributed by atoms with Crippen LogP contribution >= 0.6 is 11.3 Å². The van der Waals surface area contributed by atoms with E-state index in [1.807, 2.05) is 12.1 Å². The molecule has 3 nitrogen and oxygen atoms in total. The van der Waals surface area contributed by atoms with E-state index in [2.05, 4.69) is 24.1 Å². The molecule has 1 aromatic heterocycles. The van der Waals surface area contributed by atoms with Gasteiger partial charge in [0, 0.05) is 11.3 Å². The van der Waals surface area contributed by atoms with E-state index in [0.717, 1.165) is 29.0 Å². The van der Waals surface area contributed by atoms with Gasteiger partial charge in [-0.05, 0) is 18.6 Å². The Hall–Kier alpha value is -1.31. The van der Waals surface area contributed by atoms with Gasteiger partial charge in [-0.2, -0.15) is 0 Å². The minimum atomic E-state index is 0.131. The molecule has 0 radical (unpaired) electrons. The molecular weight excluding hydrogens is 244 g/mol. The van der Waals surface area contributed by atoms with Gasteiger partial charge >= 0.3 is 0 Å².